The molecule has 0 saturated heterocycles. The van der Waals surface area contributed by atoms with Crippen LogP contribution in [0.3, 0.4) is 0 Å². The molecule has 0 aliphatic carbocycles. The zero-order chi connectivity index (χ0) is 0. The molecule has 16 heavy (non-hydrogen) atoms. The van der Waals surface area contributed by atoms with Crippen molar-refractivity contribution in [1.82, 2.24) is 0 Å². The Balaban J connectivity index is 0. The first kappa shape index (κ1) is 155. The molecule has 0 nitrogen and oxygen atoms in total. The van der Waals surface area contributed by atoms with Gasteiger partial charge in [-0.25, -0.2) is 0 Å². The van der Waals surface area contributed by atoms with Gasteiger partial charge in [-0.15, -0.1) is 0 Å². The Hall–Kier alpha value is 10.6. The van der Waals surface area contributed by atoms with E-state index in [2.05, 4.69) is 0 Å². The van der Waals surface area contributed by atoms with Crippen LogP contribution in [0.1, 0.15) is 0 Å². The van der Waals surface area contributed by atoms with Gasteiger partial charge < -0.3 is 0 Å². The Labute approximate surface area is 318 Å². The molecule has 0 aliphatic heterocycles. The fraction of sp³-hybridized carbons (Fsp3) is 0. The molecule has 0 spiro atoms. The van der Waals surface area contributed by atoms with Crippen molar-refractivity contribution in [3.63, 3.8) is 0 Å². The molecule has 0 aromatic rings. The summed E-state index contributed by atoms with van der Waals surface area (Å²) in [7, 11) is 0. The van der Waals surface area contributed by atoms with Crippen LogP contribution < -0.4 is 0 Å². The topological polar surface area (TPSA) is 0 Å². The summed E-state index contributed by atoms with van der Waals surface area (Å²) in [6.07, 6.45) is 0. The van der Waals surface area contributed by atoms with Crippen molar-refractivity contribution >= 4 is 0 Å². The quantitative estimate of drug-likeness (QED) is 0.300. The average Bonchev–Trinajstić information content (AvgIpc) is 0. The summed E-state index contributed by atoms with van der Waals surface area (Å²) in [6, 6.07) is 0. The van der Waals surface area contributed by atoms with E-state index >= 15 is 0 Å². The summed E-state index contributed by atoms with van der Waals surface area (Å²) in [5, 5.41) is 0. The molecule has 0 heterocycles. The van der Waals surface area contributed by atoms with Crippen LogP contribution in [0.25, 0.3) is 0 Å². The second kappa shape index (κ2) is 138. The zero-order valence-electron chi connectivity index (χ0n) is 5.06. The Morgan fingerprint density at radius 1 is 0.0625 bits per heavy atom. The minimum Gasteiger partial charge on any atom is 0 e. The van der Waals surface area contributed by atoms with Gasteiger partial charge in [0.25, 0.3) is 0 Å². The van der Waals surface area contributed by atoms with Crippen molar-refractivity contribution in [2.24, 2.45) is 0 Å². The second-order valence-electron chi connectivity index (χ2n) is 0. The average molecular weight is 1700 g/mol. The molecule has 0 aromatic carbocycles. The molecule has 0 amide bonds. The Morgan fingerprint density at radius 2 is 0.0625 bits per heavy atom. The van der Waals surface area contributed by atoms with Crippen molar-refractivity contribution in [3.05, 3.63) is 0 Å². The van der Waals surface area contributed by atoms with Crippen LogP contribution in [0.15, 0.2) is 0 Å². The molecular weight excluding hydrogens is 1700 g/mol. The predicted molar refractivity (Wildman–Crippen MR) is 0 cm³/mol. The number of hydrogen-bond acceptors (Lipinski definition) is 0. The molecule has 0 atom stereocenters. The first-order chi connectivity index (χ1) is 0. The molecule has 0 saturated carbocycles. The van der Waals surface area contributed by atoms with Crippen LogP contribution in [-0.2, 0) is 327 Å². The van der Waals surface area contributed by atoms with E-state index in [9.17, 15) is 0 Å². The maximum Gasteiger partial charge on any atom is 0 e. The summed E-state index contributed by atoms with van der Waals surface area (Å²) in [5.41, 5.74) is 0. The largest absolute Gasteiger partial charge is 0 e. The third kappa shape index (κ3) is 122. The standard InChI is InChI=1S/16Pd. The van der Waals surface area contributed by atoms with Crippen LogP contribution in [0.4, 0.5) is 0 Å². The molecule has 0 unspecified atom stereocenters. The van der Waals surface area contributed by atoms with Crippen molar-refractivity contribution in [3.8, 4) is 0 Å². The Kier molecular flexibility index (Phi) is 1340. The molecule has 0 radical (unpaired) electrons. The SMILES string of the molecule is [Pd].[Pd].[Pd].[Pd].[Pd].[Pd].[Pd].[Pd].[Pd].[Pd].[Pd].[Pd].[Pd].[Pd].[Pd].[Pd]. The summed E-state index contributed by atoms with van der Waals surface area (Å²) < 4.78 is 0. The number of hydrogen-bond donors (Lipinski definition) is 0. The van der Waals surface area contributed by atoms with Crippen molar-refractivity contribution < 1.29 is 327 Å². The van der Waals surface area contributed by atoms with E-state index < -0.39 is 0 Å². The van der Waals surface area contributed by atoms with Gasteiger partial charge in [-0.3, -0.25) is 0 Å². The van der Waals surface area contributed by atoms with Gasteiger partial charge in [0.1, 0.15) is 0 Å². The molecule has 16 heteroatoms. The Morgan fingerprint density at radius 3 is 0.0625 bits per heavy atom. The fourth-order valence-corrected chi connectivity index (χ4v) is 0. The first-order valence-electron chi connectivity index (χ1n) is 0. The van der Waals surface area contributed by atoms with Crippen LogP contribution in [0.5, 0.6) is 0 Å². The van der Waals surface area contributed by atoms with Crippen molar-refractivity contribution in [2.75, 3.05) is 0 Å². The van der Waals surface area contributed by atoms with E-state index in [1.807, 2.05) is 0 Å². The molecule has 0 aliphatic rings. The van der Waals surface area contributed by atoms with E-state index in [1.54, 1.807) is 0 Å². The van der Waals surface area contributed by atoms with Crippen LogP contribution in [0, 0.1) is 0 Å². The maximum atomic E-state index is 0. The maximum absolute atomic E-state index is 0. The summed E-state index contributed by atoms with van der Waals surface area (Å²) >= 11 is 0. The van der Waals surface area contributed by atoms with Gasteiger partial charge in [0.05, 0.1) is 0 Å². The van der Waals surface area contributed by atoms with E-state index in [-0.39, 0.29) is 327 Å². The van der Waals surface area contributed by atoms with Crippen molar-refractivity contribution in [2.45, 2.75) is 0 Å². The fourth-order valence-electron chi connectivity index (χ4n) is 0. The minimum atomic E-state index is 0. The van der Waals surface area contributed by atoms with E-state index in [1.165, 1.54) is 0 Å². The Bertz CT molecular complexity index is 0. The van der Waals surface area contributed by atoms with E-state index in [0.717, 1.165) is 0 Å². The smallest absolute Gasteiger partial charge is 0 e. The molecule has 0 rings (SSSR count). The molecular formula is Pd16. The summed E-state index contributed by atoms with van der Waals surface area (Å²) in [6.45, 7) is 0. The van der Waals surface area contributed by atoms with Crippen LogP contribution in [-0.4, -0.2) is 0 Å². The van der Waals surface area contributed by atoms with Gasteiger partial charge in [0.2, 0.25) is 0 Å². The van der Waals surface area contributed by atoms with E-state index in [4.69, 9.17) is 0 Å². The van der Waals surface area contributed by atoms with Gasteiger partial charge in [0, 0.05) is 327 Å². The van der Waals surface area contributed by atoms with Crippen LogP contribution >= 0.6 is 0 Å². The molecule has 0 N–H and O–H groups in total. The van der Waals surface area contributed by atoms with Gasteiger partial charge in [-0.2, -0.15) is 0 Å². The van der Waals surface area contributed by atoms with Crippen molar-refractivity contribution in [1.29, 1.82) is 0 Å². The van der Waals surface area contributed by atoms with Gasteiger partial charge >= 0.3 is 0 Å². The predicted octanol–water partition coefficient (Wildman–Crippen LogP) is -0.0400. The summed E-state index contributed by atoms with van der Waals surface area (Å²) in [4.78, 5) is 0. The number of rotatable bonds is 0. The third-order valence-corrected chi connectivity index (χ3v) is 0. The molecule has 0 bridgehead atoms. The van der Waals surface area contributed by atoms with Gasteiger partial charge in [-0.1, -0.05) is 0 Å². The van der Waals surface area contributed by atoms with Gasteiger partial charge in [-0.05, 0) is 0 Å². The monoisotopic (exact) mass is 1690 g/mol. The normalized spacial score (nSPS) is 0. The van der Waals surface area contributed by atoms with Crippen LogP contribution in [0.2, 0.25) is 0 Å². The van der Waals surface area contributed by atoms with Gasteiger partial charge in [0.15, 0.2) is 0 Å². The summed E-state index contributed by atoms with van der Waals surface area (Å²) in [5.74, 6) is 0. The first-order valence-corrected chi connectivity index (χ1v) is 0. The second-order valence-corrected chi connectivity index (χ2v) is 0. The van der Waals surface area contributed by atoms with E-state index in [0.29, 0.717) is 0 Å². The molecule has 160 valence electrons. The minimum absolute atomic E-state index is 0. The molecule has 0 aromatic heterocycles. The molecule has 0 fully saturated rings. The zero-order valence-corrected chi connectivity index (χ0v) is 29.9. The third-order valence-electron chi connectivity index (χ3n) is 0.